The van der Waals surface area contributed by atoms with Gasteiger partial charge < -0.3 is 20.5 Å². The predicted molar refractivity (Wildman–Crippen MR) is 126 cm³/mol. The van der Waals surface area contributed by atoms with Gasteiger partial charge in [-0.2, -0.15) is 0 Å². The number of aliphatic imine (C=N–C) groups is 1. The summed E-state index contributed by atoms with van der Waals surface area (Å²) < 4.78 is 18.7. The molecule has 0 aliphatic heterocycles. The molecule has 0 amide bonds. The molecule has 0 heterocycles. The molecule has 2 unspecified atom stereocenters. The van der Waals surface area contributed by atoms with E-state index >= 15 is 0 Å². The van der Waals surface area contributed by atoms with Gasteiger partial charge in [0, 0.05) is 19.6 Å². The molecule has 0 aliphatic rings. The predicted octanol–water partition coefficient (Wildman–Crippen LogP) is 3.89. The van der Waals surface area contributed by atoms with Crippen LogP contribution in [0.3, 0.4) is 0 Å². The van der Waals surface area contributed by atoms with Gasteiger partial charge in [0.05, 0.1) is 19.3 Å². The maximum atomic E-state index is 13.0. The van der Waals surface area contributed by atoms with Gasteiger partial charge in [0.25, 0.3) is 0 Å². The molecule has 2 rings (SSSR count). The third kappa shape index (κ3) is 10.0. The van der Waals surface area contributed by atoms with E-state index in [1.165, 1.54) is 12.1 Å². The lowest BCUT2D eigenvalue weighted by Gasteiger charge is -2.16. The Bertz CT molecular complexity index is 714. The first-order valence-corrected chi connectivity index (χ1v) is 9.65. The largest absolute Gasteiger partial charge is 0.387 e. The summed E-state index contributed by atoms with van der Waals surface area (Å²) in [5.41, 5.74) is 1.82. The third-order valence-electron chi connectivity index (χ3n) is 4.14. The van der Waals surface area contributed by atoms with Crippen molar-refractivity contribution in [2.45, 2.75) is 26.6 Å². The van der Waals surface area contributed by atoms with Gasteiger partial charge in [0.1, 0.15) is 5.82 Å². The van der Waals surface area contributed by atoms with Crippen LogP contribution in [-0.2, 0) is 11.3 Å². The second kappa shape index (κ2) is 14.3. The fraction of sp³-hybridized carbons (Fsp3) is 0.409. The molecule has 2 atom stereocenters. The van der Waals surface area contributed by atoms with Crippen LogP contribution in [0.1, 0.15) is 31.1 Å². The van der Waals surface area contributed by atoms with Crippen molar-refractivity contribution in [3.05, 3.63) is 71.5 Å². The minimum Gasteiger partial charge on any atom is -0.387 e. The number of halogens is 2. The molecule has 29 heavy (non-hydrogen) atoms. The minimum atomic E-state index is -0.740. The molecule has 3 N–H and O–H groups in total. The van der Waals surface area contributed by atoms with Crippen LogP contribution in [0, 0.1) is 11.7 Å². The van der Waals surface area contributed by atoms with Crippen molar-refractivity contribution in [2.24, 2.45) is 10.9 Å². The number of nitrogens with one attached hydrogen (secondary N) is 2. The van der Waals surface area contributed by atoms with Gasteiger partial charge in [0.15, 0.2) is 5.96 Å². The fourth-order valence-electron chi connectivity index (χ4n) is 2.59. The molecule has 7 heteroatoms. The van der Waals surface area contributed by atoms with E-state index < -0.39 is 6.10 Å². The SMILES string of the molecule is CCNC(=NCC(C)COCc1ccccc1)NCC(O)c1ccc(F)cc1.I. The zero-order valence-electron chi connectivity index (χ0n) is 17.0. The van der Waals surface area contributed by atoms with E-state index in [-0.39, 0.29) is 42.3 Å². The van der Waals surface area contributed by atoms with Gasteiger partial charge in [-0.25, -0.2) is 4.39 Å². The summed E-state index contributed by atoms with van der Waals surface area (Å²) in [4.78, 5) is 4.56. The van der Waals surface area contributed by atoms with Crippen LogP contribution in [-0.4, -0.2) is 37.3 Å². The average molecular weight is 515 g/mol. The van der Waals surface area contributed by atoms with Crippen molar-refractivity contribution < 1.29 is 14.2 Å². The van der Waals surface area contributed by atoms with Crippen molar-refractivity contribution in [3.63, 3.8) is 0 Å². The quantitative estimate of drug-likeness (QED) is 0.255. The normalized spacial score (nSPS) is 13.3. The van der Waals surface area contributed by atoms with Crippen LogP contribution < -0.4 is 10.6 Å². The summed E-state index contributed by atoms with van der Waals surface area (Å²) in [5.74, 6) is 0.585. The first-order valence-electron chi connectivity index (χ1n) is 9.65. The average Bonchev–Trinajstić information content (AvgIpc) is 2.71. The van der Waals surface area contributed by atoms with Gasteiger partial charge in [-0.3, -0.25) is 4.99 Å². The second-order valence-electron chi connectivity index (χ2n) is 6.77. The number of hydrogen-bond donors (Lipinski definition) is 3. The van der Waals surface area contributed by atoms with E-state index in [1.54, 1.807) is 12.1 Å². The van der Waals surface area contributed by atoms with Crippen LogP contribution in [0.4, 0.5) is 4.39 Å². The van der Waals surface area contributed by atoms with E-state index in [1.807, 2.05) is 37.3 Å². The lowest BCUT2D eigenvalue weighted by atomic mass is 10.1. The van der Waals surface area contributed by atoms with Gasteiger partial charge in [-0.05, 0) is 36.1 Å². The Kier molecular flexibility index (Phi) is 12.5. The summed E-state index contributed by atoms with van der Waals surface area (Å²) in [6.45, 7) is 6.91. The number of hydrogen-bond acceptors (Lipinski definition) is 3. The Morgan fingerprint density at radius 1 is 1.10 bits per heavy atom. The van der Waals surface area contributed by atoms with Crippen molar-refractivity contribution in [2.75, 3.05) is 26.2 Å². The number of guanidine groups is 1. The van der Waals surface area contributed by atoms with E-state index in [0.29, 0.717) is 31.3 Å². The molecule has 0 aliphatic carbocycles. The lowest BCUT2D eigenvalue weighted by Crippen LogP contribution is -2.39. The number of ether oxygens (including phenoxy) is 1. The van der Waals surface area contributed by atoms with Crippen LogP contribution in [0.15, 0.2) is 59.6 Å². The zero-order chi connectivity index (χ0) is 20.2. The molecule has 160 valence electrons. The Balaban J connectivity index is 0.00000420. The molecule has 2 aromatic carbocycles. The molecule has 0 fully saturated rings. The highest BCUT2D eigenvalue weighted by Crippen LogP contribution is 2.12. The summed E-state index contributed by atoms with van der Waals surface area (Å²) in [6.07, 6.45) is -0.740. The first kappa shape index (κ1) is 25.3. The number of aliphatic hydroxyl groups excluding tert-OH is 1. The van der Waals surface area contributed by atoms with Gasteiger partial charge in [-0.15, -0.1) is 24.0 Å². The van der Waals surface area contributed by atoms with Crippen LogP contribution in [0.2, 0.25) is 0 Å². The smallest absolute Gasteiger partial charge is 0.191 e. The first-order chi connectivity index (χ1) is 13.6. The summed E-state index contributed by atoms with van der Waals surface area (Å²) in [7, 11) is 0. The highest BCUT2D eigenvalue weighted by molar-refractivity contribution is 14.0. The van der Waals surface area contributed by atoms with Crippen molar-refractivity contribution in [3.8, 4) is 0 Å². The van der Waals surface area contributed by atoms with E-state index in [9.17, 15) is 9.50 Å². The fourth-order valence-corrected chi connectivity index (χ4v) is 2.59. The molecule has 0 bridgehead atoms. The van der Waals surface area contributed by atoms with Crippen LogP contribution >= 0.6 is 24.0 Å². The van der Waals surface area contributed by atoms with E-state index in [2.05, 4.69) is 22.5 Å². The van der Waals surface area contributed by atoms with Crippen molar-refractivity contribution >= 4 is 29.9 Å². The zero-order valence-corrected chi connectivity index (χ0v) is 19.3. The molecule has 0 radical (unpaired) electrons. The molecule has 5 nitrogen and oxygen atoms in total. The van der Waals surface area contributed by atoms with Crippen LogP contribution in [0.25, 0.3) is 0 Å². The van der Waals surface area contributed by atoms with Gasteiger partial charge >= 0.3 is 0 Å². The summed E-state index contributed by atoms with van der Waals surface area (Å²) in [6, 6.07) is 15.9. The van der Waals surface area contributed by atoms with Crippen LogP contribution in [0.5, 0.6) is 0 Å². The Labute approximate surface area is 189 Å². The molecular weight excluding hydrogens is 484 g/mol. The Morgan fingerprint density at radius 2 is 1.79 bits per heavy atom. The van der Waals surface area contributed by atoms with Crippen molar-refractivity contribution in [1.29, 1.82) is 0 Å². The standard InChI is InChI=1S/C22H30FN3O2.HI/c1-3-24-22(26-14-21(27)19-9-11-20(23)12-10-19)25-13-17(2)15-28-16-18-7-5-4-6-8-18;/h4-12,17,21,27H,3,13-16H2,1-2H3,(H2,24,25,26);1H. The molecule has 2 aromatic rings. The van der Waals surface area contributed by atoms with E-state index in [0.717, 1.165) is 12.1 Å². The van der Waals surface area contributed by atoms with Gasteiger partial charge in [0.2, 0.25) is 0 Å². The van der Waals surface area contributed by atoms with Crippen molar-refractivity contribution in [1.82, 2.24) is 10.6 Å². The molecule has 0 saturated carbocycles. The molecule has 0 spiro atoms. The number of rotatable bonds is 10. The monoisotopic (exact) mass is 515 g/mol. The van der Waals surface area contributed by atoms with Gasteiger partial charge in [-0.1, -0.05) is 49.4 Å². The Hall–Kier alpha value is -1.71. The number of nitrogens with zero attached hydrogens (tertiary/aromatic N) is 1. The second-order valence-corrected chi connectivity index (χ2v) is 6.77. The third-order valence-corrected chi connectivity index (χ3v) is 4.14. The lowest BCUT2D eigenvalue weighted by molar-refractivity contribution is 0.0944. The maximum absolute atomic E-state index is 13.0. The Morgan fingerprint density at radius 3 is 2.45 bits per heavy atom. The maximum Gasteiger partial charge on any atom is 0.191 e. The number of benzene rings is 2. The molecular formula is C22H31FIN3O2. The molecule has 0 aromatic heterocycles. The highest BCUT2D eigenvalue weighted by atomic mass is 127. The highest BCUT2D eigenvalue weighted by Gasteiger charge is 2.09. The summed E-state index contributed by atoms with van der Waals surface area (Å²) in [5, 5.41) is 16.5. The summed E-state index contributed by atoms with van der Waals surface area (Å²) >= 11 is 0. The minimum absolute atomic E-state index is 0. The van der Waals surface area contributed by atoms with E-state index in [4.69, 9.17) is 4.74 Å². The topological polar surface area (TPSA) is 65.9 Å². The molecule has 0 saturated heterocycles. The number of aliphatic hydroxyl groups is 1.